The fourth-order valence-corrected chi connectivity index (χ4v) is 4.15. The number of anilines is 1. The number of rotatable bonds is 10. The Morgan fingerprint density at radius 2 is 1.76 bits per heavy atom. The van der Waals surface area contributed by atoms with Crippen molar-refractivity contribution in [1.82, 2.24) is 0 Å². The van der Waals surface area contributed by atoms with Crippen molar-refractivity contribution in [3.8, 4) is 5.75 Å². The average molecular weight is 486 g/mol. The minimum absolute atomic E-state index is 0.0232. The molecule has 1 fully saturated rings. The Kier molecular flexibility index (Phi) is 8.42. The highest BCUT2D eigenvalue weighted by molar-refractivity contribution is 8.01. The minimum Gasteiger partial charge on any atom is -0.497 e. The van der Waals surface area contributed by atoms with Gasteiger partial charge >= 0.3 is 11.9 Å². The van der Waals surface area contributed by atoms with Gasteiger partial charge in [0.1, 0.15) is 5.75 Å². The molecule has 0 aliphatic carbocycles. The van der Waals surface area contributed by atoms with Gasteiger partial charge in [0.25, 0.3) is 0 Å². The number of benzene rings is 2. The van der Waals surface area contributed by atoms with Crippen LogP contribution >= 0.6 is 11.8 Å². The van der Waals surface area contributed by atoms with Gasteiger partial charge in [0.2, 0.25) is 11.8 Å². The third kappa shape index (κ3) is 6.02. The lowest BCUT2D eigenvalue weighted by molar-refractivity contribution is -0.139. The second kappa shape index (κ2) is 11.5. The van der Waals surface area contributed by atoms with Gasteiger partial charge in [0, 0.05) is 12.0 Å². The second-order valence-electron chi connectivity index (χ2n) is 7.15. The Morgan fingerprint density at radius 3 is 2.44 bits per heavy atom. The normalized spacial score (nSPS) is 15.2. The predicted molar refractivity (Wildman–Crippen MR) is 124 cm³/mol. The van der Waals surface area contributed by atoms with Crippen LogP contribution < -0.4 is 9.64 Å². The Labute approximate surface area is 200 Å². The van der Waals surface area contributed by atoms with E-state index < -0.39 is 35.6 Å². The topological polar surface area (TPSA) is 116 Å². The van der Waals surface area contributed by atoms with E-state index in [1.807, 2.05) is 0 Å². The zero-order valence-corrected chi connectivity index (χ0v) is 19.5. The van der Waals surface area contributed by atoms with Crippen LogP contribution in [-0.4, -0.2) is 60.9 Å². The lowest BCUT2D eigenvalue weighted by Crippen LogP contribution is -2.31. The quantitative estimate of drug-likeness (QED) is 0.284. The molecular formula is C24H23NO8S. The molecule has 1 heterocycles. The Bertz CT molecular complexity index is 1100. The monoisotopic (exact) mass is 485 g/mol. The van der Waals surface area contributed by atoms with Crippen molar-refractivity contribution in [2.24, 2.45) is 0 Å². The molecule has 178 valence electrons. The van der Waals surface area contributed by atoms with Crippen molar-refractivity contribution in [3.63, 3.8) is 0 Å². The van der Waals surface area contributed by atoms with Crippen LogP contribution in [0.15, 0.2) is 48.5 Å². The van der Waals surface area contributed by atoms with Crippen LogP contribution in [0.2, 0.25) is 0 Å². The summed E-state index contributed by atoms with van der Waals surface area (Å²) in [5, 5.41) is -0.677. The highest BCUT2D eigenvalue weighted by atomic mass is 32.2. The average Bonchev–Trinajstić information content (AvgIpc) is 3.14. The number of esters is 2. The Hall–Kier alpha value is -3.66. The first-order valence-electron chi connectivity index (χ1n) is 10.4. The fourth-order valence-electron chi connectivity index (χ4n) is 3.22. The summed E-state index contributed by atoms with van der Waals surface area (Å²) in [4.78, 5) is 62.2. The number of ether oxygens (including phenoxy) is 3. The number of amides is 2. The van der Waals surface area contributed by atoms with E-state index in [2.05, 4.69) is 0 Å². The number of nitrogens with zero attached hydrogens (tertiary/aromatic N) is 1. The molecule has 2 aromatic carbocycles. The van der Waals surface area contributed by atoms with E-state index >= 15 is 0 Å². The number of hydrogen-bond donors (Lipinski definition) is 0. The van der Waals surface area contributed by atoms with Gasteiger partial charge in [0.05, 0.1) is 36.0 Å². The van der Waals surface area contributed by atoms with E-state index in [4.69, 9.17) is 14.2 Å². The smallest absolute Gasteiger partial charge is 0.338 e. The van der Waals surface area contributed by atoms with Gasteiger partial charge in [-0.3, -0.25) is 19.2 Å². The van der Waals surface area contributed by atoms with Gasteiger partial charge < -0.3 is 14.2 Å². The second-order valence-corrected chi connectivity index (χ2v) is 8.35. The van der Waals surface area contributed by atoms with Crippen molar-refractivity contribution < 1.29 is 38.2 Å². The van der Waals surface area contributed by atoms with E-state index in [9.17, 15) is 24.0 Å². The van der Waals surface area contributed by atoms with Crippen molar-refractivity contribution in [2.45, 2.75) is 18.6 Å². The minimum atomic E-state index is -0.718. The van der Waals surface area contributed by atoms with Crippen molar-refractivity contribution in [2.75, 3.05) is 31.0 Å². The first-order valence-corrected chi connectivity index (χ1v) is 11.5. The molecule has 1 atom stereocenters. The van der Waals surface area contributed by atoms with Crippen LogP contribution in [0.3, 0.4) is 0 Å². The predicted octanol–water partition coefficient (Wildman–Crippen LogP) is 2.66. The summed E-state index contributed by atoms with van der Waals surface area (Å²) < 4.78 is 15.0. The maximum atomic E-state index is 12.7. The molecule has 9 nitrogen and oxygen atoms in total. The van der Waals surface area contributed by atoms with E-state index in [0.29, 0.717) is 17.0 Å². The van der Waals surface area contributed by atoms with Gasteiger partial charge in [0.15, 0.2) is 12.4 Å². The summed E-state index contributed by atoms with van der Waals surface area (Å²) in [6.07, 6.45) is -0.0287. The fraction of sp³-hybridized carbons (Fsp3) is 0.292. The number of carbonyl (C=O) groups is 5. The Morgan fingerprint density at radius 1 is 1.03 bits per heavy atom. The number of thioether (sulfide) groups is 1. The van der Waals surface area contributed by atoms with Gasteiger partial charge in [-0.15, -0.1) is 11.8 Å². The van der Waals surface area contributed by atoms with Crippen LogP contribution in [0, 0.1) is 0 Å². The lowest BCUT2D eigenvalue weighted by Gasteiger charge is -2.15. The molecule has 0 bridgehead atoms. The summed E-state index contributed by atoms with van der Waals surface area (Å²) in [5.41, 5.74) is 0.816. The van der Waals surface area contributed by atoms with Gasteiger partial charge in [-0.05, 0) is 43.3 Å². The Balaban J connectivity index is 1.58. The highest BCUT2D eigenvalue weighted by Crippen LogP contribution is 2.30. The first-order chi connectivity index (χ1) is 16.3. The molecule has 2 amide bonds. The van der Waals surface area contributed by atoms with E-state index in [-0.39, 0.29) is 30.1 Å². The molecule has 1 aliphatic rings. The molecule has 2 aromatic rings. The van der Waals surface area contributed by atoms with E-state index in [1.165, 1.54) is 31.4 Å². The first kappa shape index (κ1) is 25.0. The number of imide groups is 1. The van der Waals surface area contributed by atoms with E-state index in [0.717, 1.165) is 16.7 Å². The number of methoxy groups -OCH3 is 1. The summed E-state index contributed by atoms with van der Waals surface area (Å²) in [7, 11) is 1.49. The number of hydrogen-bond acceptors (Lipinski definition) is 9. The third-order valence-electron chi connectivity index (χ3n) is 4.90. The summed E-state index contributed by atoms with van der Waals surface area (Å²) >= 11 is 1.06. The molecule has 34 heavy (non-hydrogen) atoms. The van der Waals surface area contributed by atoms with Crippen LogP contribution in [0.1, 0.15) is 34.1 Å². The standard InChI is InChI=1S/C24H23NO8S/c1-3-32-22(28)14-34-20-12-21(27)25(23(20)29)17-9-7-15(8-10-17)24(30)33-13-19(26)16-5-4-6-18(11-16)31-2/h4-11,20H,3,12-14H2,1-2H3. The van der Waals surface area contributed by atoms with Crippen LogP contribution in [0.25, 0.3) is 0 Å². The molecule has 0 saturated carbocycles. The summed E-state index contributed by atoms with van der Waals surface area (Å²) in [5.74, 6) is -1.89. The highest BCUT2D eigenvalue weighted by Gasteiger charge is 2.40. The summed E-state index contributed by atoms with van der Waals surface area (Å²) in [6.45, 7) is 1.48. The number of carbonyl (C=O) groups excluding carboxylic acids is 5. The molecule has 1 saturated heterocycles. The van der Waals surface area contributed by atoms with Gasteiger partial charge in [-0.2, -0.15) is 0 Å². The van der Waals surface area contributed by atoms with Gasteiger partial charge in [-0.1, -0.05) is 12.1 Å². The molecule has 0 aromatic heterocycles. The van der Waals surface area contributed by atoms with Gasteiger partial charge in [-0.25, -0.2) is 9.69 Å². The number of ketones is 1. The summed E-state index contributed by atoms with van der Waals surface area (Å²) in [6, 6.07) is 12.2. The van der Waals surface area contributed by atoms with E-state index in [1.54, 1.807) is 31.2 Å². The lowest BCUT2D eigenvalue weighted by atomic mass is 10.1. The molecule has 1 aliphatic heterocycles. The molecule has 0 N–H and O–H groups in total. The van der Waals surface area contributed by atoms with Crippen LogP contribution in [0.4, 0.5) is 5.69 Å². The van der Waals surface area contributed by atoms with Crippen molar-refractivity contribution in [3.05, 3.63) is 59.7 Å². The molecule has 10 heteroatoms. The van der Waals surface area contributed by atoms with Crippen molar-refractivity contribution >= 4 is 47.0 Å². The molecular weight excluding hydrogens is 462 g/mol. The molecule has 0 radical (unpaired) electrons. The zero-order valence-electron chi connectivity index (χ0n) is 18.6. The van der Waals surface area contributed by atoms with Crippen molar-refractivity contribution in [1.29, 1.82) is 0 Å². The molecule has 1 unspecified atom stereocenters. The maximum absolute atomic E-state index is 12.7. The zero-order chi connectivity index (χ0) is 24.7. The largest absolute Gasteiger partial charge is 0.497 e. The third-order valence-corrected chi connectivity index (χ3v) is 6.07. The molecule has 0 spiro atoms. The molecule has 3 rings (SSSR count). The van der Waals surface area contributed by atoms with Crippen LogP contribution in [0.5, 0.6) is 5.75 Å². The SMILES string of the molecule is CCOC(=O)CSC1CC(=O)N(c2ccc(C(=O)OCC(=O)c3cccc(OC)c3)cc2)C1=O. The maximum Gasteiger partial charge on any atom is 0.338 e. The van der Waals surface area contributed by atoms with Crippen LogP contribution in [-0.2, 0) is 23.9 Å². The number of Topliss-reactive ketones (excluding diaryl/α,β-unsaturated/α-hetero) is 1.